The van der Waals surface area contributed by atoms with Crippen LogP contribution in [0.25, 0.3) is 33.4 Å². The van der Waals surface area contributed by atoms with E-state index in [0.29, 0.717) is 19.0 Å². The van der Waals surface area contributed by atoms with Gasteiger partial charge in [-0.2, -0.15) is 9.78 Å². The van der Waals surface area contributed by atoms with Crippen LogP contribution in [0.2, 0.25) is 0 Å². The molecular weight excluding hydrogens is 612 g/mol. The number of halogens is 6. The second-order valence-electron chi connectivity index (χ2n) is 10.4. The number of rotatable bonds is 10. The molecule has 0 saturated carbocycles. The fourth-order valence-corrected chi connectivity index (χ4v) is 5.03. The van der Waals surface area contributed by atoms with Crippen LogP contribution in [0, 0.1) is 17.5 Å². The number of alkyl halides is 3. The molecule has 0 fully saturated rings. The van der Waals surface area contributed by atoms with Crippen molar-refractivity contribution in [2.75, 3.05) is 13.7 Å². The normalized spacial score (nSPS) is 11.8. The van der Waals surface area contributed by atoms with Gasteiger partial charge in [-0.1, -0.05) is 30.3 Å². The number of hydrogen-bond donors (Lipinski definition) is 0. The Morgan fingerprint density at radius 3 is 2.37 bits per heavy atom. The van der Waals surface area contributed by atoms with Gasteiger partial charge in [0, 0.05) is 49.0 Å². The molecule has 0 bridgehead atoms. The maximum absolute atomic E-state index is 15.4. The highest BCUT2D eigenvalue weighted by Crippen LogP contribution is 2.29. The summed E-state index contributed by atoms with van der Waals surface area (Å²) in [5.74, 6) is -1.46. The number of pyridine rings is 1. The van der Waals surface area contributed by atoms with Crippen molar-refractivity contribution in [1.82, 2.24) is 24.3 Å². The van der Waals surface area contributed by atoms with Crippen molar-refractivity contribution in [2.45, 2.75) is 25.9 Å². The number of fused-ring (bicyclic) bond motifs is 1. The molecule has 0 amide bonds. The molecule has 6 rings (SSSR count). The Morgan fingerprint density at radius 2 is 1.61 bits per heavy atom. The lowest BCUT2D eigenvalue weighted by atomic mass is 10.0. The number of aromatic nitrogens is 5. The van der Waals surface area contributed by atoms with Crippen molar-refractivity contribution >= 4 is 11.0 Å². The molecule has 0 saturated heterocycles. The number of methoxy groups -OCH3 is 1. The highest BCUT2D eigenvalue weighted by Gasteiger charge is 2.31. The SMILES string of the molecule is COCCn1c(Cc2cc(F)c(-c3cccc(OCc4ccc(-c5cnn(C(F)(F)F)c5)cc4F)n3)cc2F)nc2ccccc21. The summed E-state index contributed by atoms with van der Waals surface area (Å²) in [5, 5.41) is 3.26. The van der Waals surface area contributed by atoms with E-state index in [4.69, 9.17) is 9.47 Å². The van der Waals surface area contributed by atoms with Crippen LogP contribution in [-0.2, 0) is 30.6 Å². The number of para-hydroxylation sites is 2. The quantitative estimate of drug-likeness (QED) is 0.144. The van der Waals surface area contributed by atoms with Gasteiger partial charge in [-0.3, -0.25) is 0 Å². The molecule has 0 atom stereocenters. The second-order valence-corrected chi connectivity index (χ2v) is 10.4. The minimum atomic E-state index is -4.69. The van der Waals surface area contributed by atoms with Gasteiger partial charge in [0.2, 0.25) is 5.88 Å². The van der Waals surface area contributed by atoms with E-state index in [0.717, 1.165) is 41.6 Å². The zero-order chi connectivity index (χ0) is 32.4. The van der Waals surface area contributed by atoms with Crippen molar-refractivity contribution < 1.29 is 35.8 Å². The molecule has 13 heteroatoms. The molecule has 3 aromatic carbocycles. The average molecular weight is 638 g/mol. The molecule has 0 aliphatic heterocycles. The van der Waals surface area contributed by atoms with Gasteiger partial charge in [-0.05, 0) is 47.5 Å². The van der Waals surface area contributed by atoms with Crippen molar-refractivity contribution in [3.8, 4) is 28.3 Å². The molecule has 0 spiro atoms. The van der Waals surface area contributed by atoms with E-state index in [-0.39, 0.29) is 57.1 Å². The van der Waals surface area contributed by atoms with Gasteiger partial charge >= 0.3 is 6.30 Å². The van der Waals surface area contributed by atoms with Gasteiger partial charge in [0.1, 0.15) is 29.9 Å². The molecule has 7 nitrogen and oxygen atoms in total. The predicted octanol–water partition coefficient (Wildman–Crippen LogP) is 7.67. The number of nitrogens with zero attached hydrogens (tertiary/aromatic N) is 5. The molecule has 0 aliphatic rings. The Morgan fingerprint density at radius 1 is 0.804 bits per heavy atom. The van der Waals surface area contributed by atoms with Crippen molar-refractivity contribution in [3.05, 3.63) is 120 Å². The highest BCUT2D eigenvalue weighted by atomic mass is 19.4. The Balaban J connectivity index is 1.18. The maximum Gasteiger partial charge on any atom is 0.504 e. The molecule has 0 unspecified atom stereocenters. The summed E-state index contributed by atoms with van der Waals surface area (Å²) in [6, 6.07) is 18.1. The van der Waals surface area contributed by atoms with E-state index >= 15 is 8.78 Å². The number of benzene rings is 3. The first-order chi connectivity index (χ1) is 22.1. The predicted molar refractivity (Wildman–Crippen MR) is 157 cm³/mol. The molecule has 3 aromatic heterocycles. The van der Waals surface area contributed by atoms with E-state index in [1.54, 1.807) is 13.2 Å². The highest BCUT2D eigenvalue weighted by molar-refractivity contribution is 5.76. The second kappa shape index (κ2) is 12.7. The number of ether oxygens (including phenoxy) is 2. The monoisotopic (exact) mass is 637 g/mol. The van der Waals surface area contributed by atoms with Crippen LogP contribution in [0.15, 0.2) is 85.2 Å². The standard InChI is InChI=1S/C33H25F6N5O2/c1-45-12-11-43-30-7-3-2-5-29(30)41-31(43)15-22-14-27(36)24(16-26(22)35)28-6-4-8-32(42-28)46-19-21-10-9-20(13-25(21)34)23-17-40-44(18-23)33(37,38)39/h2-10,13-14,16-18H,11-12,15,19H2,1H3. The third-order valence-corrected chi connectivity index (χ3v) is 7.34. The van der Waals surface area contributed by atoms with E-state index in [9.17, 15) is 17.6 Å². The van der Waals surface area contributed by atoms with Crippen molar-refractivity contribution in [2.24, 2.45) is 0 Å². The summed E-state index contributed by atoms with van der Waals surface area (Å²) in [7, 11) is 1.58. The van der Waals surface area contributed by atoms with Crippen LogP contribution in [-0.4, -0.2) is 38.0 Å². The third-order valence-electron chi connectivity index (χ3n) is 7.34. The summed E-state index contributed by atoms with van der Waals surface area (Å²) < 4.78 is 96.7. The molecule has 6 aromatic rings. The maximum atomic E-state index is 15.4. The molecule has 0 radical (unpaired) electrons. The van der Waals surface area contributed by atoms with Crippen LogP contribution in [0.4, 0.5) is 26.3 Å². The zero-order valence-electron chi connectivity index (χ0n) is 24.2. The largest absolute Gasteiger partial charge is 0.504 e. The van der Waals surface area contributed by atoms with Crippen LogP contribution in [0.3, 0.4) is 0 Å². The van der Waals surface area contributed by atoms with E-state index in [1.807, 2.05) is 28.8 Å². The van der Waals surface area contributed by atoms with E-state index in [2.05, 4.69) is 15.1 Å². The van der Waals surface area contributed by atoms with E-state index in [1.165, 1.54) is 24.3 Å². The Labute approximate surface area is 258 Å². The lowest BCUT2D eigenvalue weighted by molar-refractivity contribution is -0.212. The van der Waals surface area contributed by atoms with E-state index < -0.39 is 23.8 Å². The van der Waals surface area contributed by atoms with Crippen LogP contribution in [0.5, 0.6) is 5.88 Å². The lowest BCUT2D eigenvalue weighted by Gasteiger charge is -2.12. The van der Waals surface area contributed by atoms with Crippen LogP contribution >= 0.6 is 0 Å². The average Bonchev–Trinajstić information content (AvgIpc) is 3.67. The fourth-order valence-electron chi connectivity index (χ4n) is 5.03. The summed E-state index contributed by atoms with van der Waals surface area (Å²) in [4.78, 5) is 8.90. The summed E-state index contributed by atoms with van der Waals surface area (Å²) >= 11 is 0. The van der Waals surface area contributed by atoms with Gasteiger partial charge in [-0.15, -0.1) is 13.2 Å². The Hall–Kier alpha value is -5.17. The molecule has 46 heavy (non-hydrogen) atoms. The van der Waals surface area contributed by atoms with Crippen molar-refractivity contribution in [3.63, 3.8) is 0 Å². The van der Waals surface area contributed by atoms with Gasteiger partial charge < -0.3 is 14.0 Å². The first kappa shape index (κ1) is 30.8. The van der Waals surface area contributed by atoms with Crippen LogP contribution < -0.4 is 4.74 Å². The van der Waals surface area contributed by atoms with Gasteiger partial charge in [0.05, 0.1) is 29.5 Å². The van der Waals surface area contributed by atoms with Crippen molar-refractivity contribution in [1.29, 1.82) is 0 Å². The first-order valence-corrected chi connectivity index (χ1v) is 14.0. The van der Waals surface area contributed by atoms with Gasteiger partial charge in [-0.25, -0.2) is 23.1 Å². The molecule has 3 heterocycles. The summed E-state index contributed by atoms with van der Waals surface area (Å²) in [5.41, 5.74) is 2.13. The van der Waals surface area contributed by atoms with Gasteiger partial charge in [0.15, 0.2) is 0 Å². The smallest absolute Gasteiger partial charge is 0.473 e. The molecule has 0 aliphatic carbocycles. The fraction of sp³-hybridized carbons (Fsp3) is 0.182. The minimum Gasteiger partial charge on any atom is -0.473 e. The zero-order valence-corrected chi connectivity index (χ0v) is 24.2. The topological polar surface area (TPSA) is 67.0 Å². The lowest BCUT2D eigenvalue weighted by Crippen LogP contribution is -2.16. The molecule has 0 N–H and O–H groups in total. The Kier molecular flexibility index (Phi) is 8.50. The minimum absolute atomic E-state index is 0.0307. The summed E-state index contributed by atoms with van der Waals surface area (Å²) in [6.45, 7) is 0.639. The van der Waals surface area contributed by atoms with Gasteiger partial charge in [0.25, 0.3) is 0 Å². The Bertz CT molecular complexity index is 2020. The molecule has 236 valence electrons. The number of imidazole rings is 1. The summed E-state index contributed by atoms with van der Waals surface area (Å²) in [6.07, 6.45) is -2.89. The van der Waals surface area contributed by atoms with Crippen LogP contribution in [0.1, 0.15) is 17.0 Å². The third kappa shape index (κ3) is 6.45. The first-order valence-electron chi connectivity index (χ1n) is 14.0. The number of hydrogen-bond acceptors (Lipinski definition) is 5. The molecular formula is C33H25F6N5O2.